The molecule has 1 aromatic carbocycles. The molecule has 3 aliphatic rings. The van der Waals surface area contributed by atoms with Crippen molar-refractivity contribution < 1.29 is 22.7 Å². The van der Waals surface area contributed by atoms with Gasteiger partial charge in [0.2, 0.25) is 5.91 Å². The summed E-state index contributed by atoms with van der Waals surface area (Å²) in [5.74, 6) is 0.588. The van der Waals surface area contributed by atoms with Gasteiger partial charge < -0.3 is 9.64 Å². The van der Waals surface area contributed by atoms with Gasteiger partial charge >= 0.3 is 6.18 Å². The summed E-state index contributed by atoms with van der Waals surface area (Å²) in [6.07, 6.45) is 1.11. The molecular weight excluding hydrogens is 369 g/mol. The first-order valence-electron chi connectivity index (χ1n) is 9.09. The normalized spacial score (nSPS) is 19.6. The Hall–Kier alpha value is -2.83. The predicted molar refractivity (Wildman–Crippen MR) is 100 cm³/mol. The van der Waals surface area contributed by atoms with Crippen LogP contribution in [0.5, 0.6) is 5.75 Å². The van der Waals surface area contributed by atoms with Crippen LogP contribution < -0.4 is 4.74 Å². The van der Waals surface area contributed by atoms with Gasteiger partial charge in [0.15, 0.2) is 0 Å². The number of rotatable bonds is 2. The van der Waals surface area contributed by atoms with Crippen LogP contribution in [0, 0.1) is 0 Å². The van der Waals surface area contributed by atoms with E-state index in [0.717, 1.165) is 23.0 Å². The molecule has 7 heteroatoms. The van der Waals surface area contributed by atoms with E-state index in [9.17, 15) is 18.0 Å². The largest absolute Gasteiger partial charge is 0.496 e. The van der Waals surface area contributed by atoms with E-state index < -0.39 is 11.7 Å². The highest BCUT2D eigenvalue weighted by atomic mass is 19.4. The molecule has 0 fully saturated rings. The van der Waals surface area contributed by atoms with Gasteiger partial charge in [0.05, 0.1) is 24.1 Å². The maximum absolute atomic E-state index is 13.1. The van der Waals surface area contributed by atoms with Crippen molar-refractivity contribution in [3.63, 3.8) is 0 Å². The SMILES string of the molecule is COc1cccc2c1CCN1C(=O)CN=C(C3=CC(C(F)(F)F)=CCC3)C=C21. The topological polar surface area (TPSA) is 41.9 Å². The highest BCUT2D eigenvalue weighted by Crippen LogP contribution is 2.37. The first-order chi connectivity index (χ1) is 13.4. The molecule has 1 aliphatic carbocycles. The molecule has 1 amide bonds. The molecule has 0 spiro atoms. The molecule has 0 bridgehead atoms. The quantitative estimate of drug-likeness (QED) is 0.766. The number of carbonyl (C=O) groups is 1. The number of carbonyl (C=O) groups excluding carboxylic acids is 1. The number of allylic oxidation sites excluding steroid dienone is 5. The Morgan fingerprint density at radius 3 is 2.75 bits per heavy atom. The van der Waals surface area contributed by atoms with Gasteiger partial charge in [0.25, 0.3) is 0 Å². The van der Waals surface area contributed by atoms with Crippen LogP contribution in [0.15, 0.2) is 52.6 Å². The standard InChI is InChI=1S/C21H19F3N2O2/c1-28-19-7-3-6-15-16(19)8-9-26-18(15)11-17(25-12-20(26)27)13-4-2-5-14(10-13)21(22,23)24/h3,5-7,10-11H,2,4,8-9,12H2,1H3. The number of alkyl halides is 3. The Kier molecular flexibility index (Phi) is 4.61. The Balaban J connectivity index is 1.80. The number of aliphatic imine (C=N–C) groups is 1. The summed E-state index contributed by atoms with van der Waals surface area (Å²) in [5, 5.41) is 0. The summed E-state index contributed by atoms with van der Waals surface area (Å²) in [5.41, 5.74) is 2.81. The Labute approximate surface area is 160 Å². The van der Waals surface area contributed by atoms with Crippen molar-refractivity contribution in [3.05, 3.63) is 58.7 Å². The molecule has 4 rings (SSSR count). The van der Waals surface area contributed by atoms with Crippen LogP contribution in [0.25, 0.3) is 5.70 Å². The fraction of sp³-hybridized carbons (Fsp3) is 0.333. The lowest BCUT2D eigenvalue weighted by Gasteiger charge is -2.31. The molecule has 2 aliphatic heterocycles. The maximum atomic E-state index is 13.1. The number of halogens is 3. The molecule has 2 heterocycles. The second-order valence-corrected chi connectivity index (χ2v) is 6.88. The molecule has 0 aromatic heterocycles. The third kappa shape index (κ3) is 3.25. The Morgan fingerprint density at radius 2 is 2.00 bits per heavy atom. The van der Waals surface area contributed by atoms with Crippen molar-refractivity contribution >= 4 is 17.3 Å². The summed E-state index contributed by atoms with van der Waals surface area (Å²) in [4.78, 5) is 18.6. The molecule has 1 aromatic rings. The van der Waals surface area contributed by atoms with Crippen molar-refractivity contribution in [2.45, 2.75) is 25.4 Å². The first-order valence-corrected chi connectivity index (χ1v) is 9.09. The highest BCUT2D eigenvalue weighted by Gasteiger charge is 2.34. The molecule has 146 valence electrons. The molecule has 0 unspecified atom stereocenters. The van der Waals surface area contributed by atoms with Crippen molar-refractivity contribution in [3.8, 4) is 5.75 Å². The molecule has 4 nitrogen and oxygen atoms in total. The van der Waals surface area contributed by atoms with Gasteiger partial charge in [-0.15, -0.1) is 0 Å². The summed E-state index contributed by atoms with van der Waals surface area (Å²) in [7, 11) is 1.60. The van der Waals surface area contributed by atoms with E-state index >= 15 is 0 Å². The fourth-order valence-electron chi connectivity index (χ4n) is 3.87. The second-order valence-electron chi connectivity index (χ2n) is 6.88. The average molecular weight is 388 g/mol. The molecule has 0 radical (unpaired) electrons. The number of fused-ring (bicyclic) bond motifs is 3. The minimum Gasteiger partial charge on any atom is -0.496 e. The summed E-state index contributed by atoms with van der Waals surface area (Å²) in [6.45, 7) is 0.421. The molecule has 28 heavy (non-hydrogen) atoms. The zero-order valence-electron chi connectivity index (χ0n) is 15.3. The second kappa shape index (κ2) is 6.96. The van der Waals surface area contributed by atoms with E-state index in [4.69, 9.17) is 4.74 Å². The van der Waals surface area contributed by atoms with E-state index in [-0.39, 0.29) is 12.5 Å². The summed E-state index contributed by atoms with van der Waals surface area (Å²) < 4.78 is 44.8. The van der Waals surface area contributed by atoms with Crippen LogP contribution >= 0.6 is 0 Å². The number of hydrogen-bond acceptors (Lipinski definition) is 3. The van der Waals surface area contributed by atoms with Crippen LogP contribution in [0.3, 0.4) is 0 Å². The van der Waals surface area contributed by atoms with Crippen molar-refractivity contribution in [1.82, 2.24) is 4.90 Å². The average Bonchev–Trinajstić information content (AvgIpc) is 2.86. The van der Waals surface area contributed by atoms with Gasteiger partial charge in [-0.05, 0) is 43.1 Å². The summed E-state index contributed by atoms with van der Waals surface area (Å²) in [6, 6.07) is 5.62. The van der Waals surface area contributed by atoms with Crippen LogP contribution in [-0.2, 0) is 11.2 Å². The lowest BCUT2D eigenvalue weighted by molar-refractivity contribution is -0.126. The van der Waals surface area contributed by atoms with Crippen molar-refractivity contribution in [1.29, 1.82) is 0 Å². The predicted octanol–water partition coefficient (Wildman–Crippen LogP) is 4.08. The number of hydrogen-bond donors (Lipinski definition) is 0. The fourth-order valence-corrected chi connectivity index (χ4v) is 3.87. The third-order valence-electron chi connectivity index (χ3n) is 5.23. The van der Waals surface area contributed by atoms with E-state index in [1.54, 1.807) is 18.1 Å². The molecular formula is C21H19F3N2O2. The number of ether oxygens (including phenoxy) is 1. The summed E-state index contributed by atoms with van der Waals surface area (Å²) >= 11 is 0. The van der Waals surface area contributed by atoms with Gasteiger partial charge in [-0.3, -0.25) is 9.79 Å². The zero-order valence-corrected chi connectivity index (χ0v) is 15.3. The van der Waals surface area contributed by atoms with E-state index in [2.05, 4.69) is 4.99 Å². The monoisotopic (exact) mass is 388 g/mol. The Bertz CT molecular complexity index is 955. The van der Waals surface area contributed by atoms with Gasteiger partial charge in [-0.25, -0.2) is 0 Å². The van der Waals surface area contributed by atoms with Crippen LogP contribution in [0.4, 0.5) is 13.2 Å². The van der Waals surface area contributed by atoms with Gasteiger partial charge in [-0.2, -0.15) is 13.2 Å². The smallest absolute Gasteiger partial charge is 0.416 e. The zero-order chi connectivity index (χ0) is 19.9. The van der Waals surface area contributed by atoms with E-state index in [0.29, 0.717) is 42.8 Å². The molecule has 0 saturated carbocycles. The van der Waals surface area contributed by atoms with E-state index in [1.165, 1.54) is 6.08 Å². The number of methoxy groups -OCH3 is 1. The van der Waals surface area contributed by atoms with Crippen LogP contribution in [0.1, 0.15) is 24.0 Å². The molecule has 0 atom stereocenters. The first kappa shape index (κ1) is 18.5. The number of amides is 1. The molecule has 0 N–H and O–H groups in total. The third-order valence-corrected chi connectivity index (χ3v) is 5.23. The minimum atomic E-state index is -4.39. The van der Waals surface area contributed by atoms with E-state index in [1.807, 2.05) is 18.2 Å². The maximum Gasteiger partial charge on any atom is 0.416 e. The van der Waals surface area contributed by atoms with Crippen molar-refractivity contribution in [2.24, 2.45) is 4.99 Å². The van der Waals surface area contributed by atoms with Crippen LogP contribution in [-0.4, -0.2) is 42.9 Å². The molecule has 0 saturated heterocycles. The lowest BCUT2D eigenvalue weighted by Crippen LogP contribution is -2.35. The highest BCUT2D eigenvalue weighted by molar-refractivity contribution is 6.15. The number of benzene rings is 1. The van der Waals surface area contributed by atoms with Gasteiger partial charge in [0.1, 0.15) is 12.3 Å². The Morgan fingerprint density at radius 1 is 1.18 bits per heavy atom. The van der Waals surface area contributed by atoms with Crippen LogP contribution in [0.2, 0.25) is 0 Å². The lowest BCUT2D eigenvalue weighted by atomic mass is 9.91. The van der Waals surface area contributed by atoms with Gasteiger partial charge in [-0.1, -0.05) is 18.2 Å². The van der Waals surface area contributed by atoms with Crippen molar-refractivity contribution in [2.75, 3.05) is 20.2 Å². The number of nitrogens with zero attached hydrogens (tertiary/aromatic N) is 2. The minimum absolute atomic E-state index is 0.0724. The van der Waals surface area contributed by atoms with Gasteiger partial charge in [0, 0.05) is 17.7 Å².